The summed E-state index contributed by atoms with van der Waals surface area (Å²) in [6.45, 7) is 3.07. The Hall–Kier alpha value is -2.24. The van der Waals surface area contributed by atoms with Crippen molar-refractivity contribution in [1.29, 1.82) is 0 Å². The van der Waals surface area contributed by atoms with Gasteiger partial charge in [-0.3, -0.25) is 14.4 Å². The maximum atomic E-state index is 12.1. The molecule has 11 heteroatoms. The van der Waals surface area contributed by atoms with Crippen LogP contribution in [-0.4, -0.2) is 71.7 Å². The zero-order chi connectivity index (χ0) is 21.7. The van der Waals surface area contributed by atoms with Crippen molar-refractivity contribution in [2.75, 3.05) is 19.7 Å². The van der Waals surface area contributed by atoms with Crippen molar-refractivity contribution >= 4 is 23.7 Å². The summed E-state index contributed by atoms with van der Waals surface area (Å²) in [7, 11) is 0. The van der Waals surface area contributed by atoms with Crippen molar-refractivity contribution in [1.82, 2.24) is 16.0 Å². The second-order valence-corrected chi connectivity index (χ2v) is 6.94. The zero-order valence-electron chi connectivity index (χ0n) is 16.4. The van der Waals surface area contributed by atoms with E-state index in [4.69, 9.17) is 16.6 Å². The van der Waals surface area contributed by atoms with E-state index >= 15 is 0 Å². The highest BCUT2D eigenvalue weighted by molar-refractivity contribution is 5.92. The summed E-state index contributed by atoms with van der Waals surface area (Å²) in [6, 6.07) is -3.25. The van der Waals surface area contributed by atoms with Crippen molar-refractivity contribution < 1.29 is 29.4 Å². The minimum Gasteiger partial charge on any atom is -0.480 e. The van der Waals surface area contributed by atoms with Gasteiger partial charge in [0.15, 0.2) is 0 Å². The Labute approximate surface area is 164 Å². The van der Waals surface area contributed by atoms with Gasteiger partial charge in [-0.1, -0.05) is 13.8 Å². The van der Waals surface area contributed by atoms with Crippen molar-refractivity contribution in [3.8, 4) is 0 Å². The van der Waals surface area contributed by atoms with Crippen LogP contribution in [0.5, 0.6) is 0 Å². The zero-order valence-corrected chi connectivity index (χ0v) is 16.4. The molecule has 3 atom stereocenters. The molecule has 0 aromatic heterocycles. The number of carbonyl (C=O) groups is 4. The molecule has 0 saturated heterocycles. The van der Waals surface area contributed by atoms with Gasteiger partial charge in [0.2, 0.25) is 17.7 Å². The van der Waals surface area contributed by atoms with Gasteiger partial charge in [0.1, 0.15) is 12.1 Å². The second-order valence-electron chi connectivity index (χ2n) is 6.94. The number of nitrogens with one attached hydrogen (secondary N) is 3. The van der Waals surface area contributed by atoms with Crippen molar-refractivity contribution in [2.24, 2.45) is 17.4 Å². The van der Waals surface area contributed by atoms with Gasteiger partial charge >= 0.3 is 5.97 Å². The Morgan fingerprint density at radius 3 is 2.14 bits per heavy atom. The lowest BCUT2D eigenvalue weighted by Crippen LogP contribution is -2.55. The highest BCUT2D eigenvalue weighted by Crippen LogP contribution is 2.03. The summed E-state index contributed by atoms with van der Waals surface area (Å²) in [6.07, 6.45) is 1.75. The molecule has 11 nitrogen and oxygen atoms in total. The molecule has 28 heavy (non-hydrogen) atoms. The molecule has 0 heterocycles. The number of amides is 3. The number of carboxylic acids is 1. The first-order chi connectivity index (χ1) is 13.1. The molecule has 0 bridgehead atoms. The number of aliphatic hydroxyl groups is 1. The van der Waals surface area contributed by atoms with Gasteiger partial charge in [-0.2, -0.15) is 0 Å². The Balaban J connectivity index is 4.56. The van der Waals surface area contributed by atoms with Crippen LogP contribution in [0.4, 0.5) is 0 Å². The molecule has 3 amide bonds. The van der Waals surface area contributed by atoms with E-state index in [2.05, 4.69) is 16.0 Å². The van der Waals surface area contributed by atoms with E-state index in [1.165, 1.54) is 0 Å². The van der Waals surface area contributed by atoms with E-state index in [0.29, 0.717) is 25.8 Å². The summed E-state index contributed by atoms with van der Waals surface area (Å²) in [5.41, 5.74) is 11.1. The molecule has 0 aromatic carbocycles. The van der Waals surface area contributed by atoms with Crippen LogP contribution < -0.4 is 27.4 Å². The largest absolute Gasteiger partial charge is 0.480 e. The molecule has 162 valence electrons. The molecule has 9 N–H and O–H groups in total. The fourth-order valence-corrected chi connectivity index (χ4v) is 2.38. The normalized spacial score (nSPS) is 14.1. The molecule has 0 aliphatic rings. The van der Waals surface area contributed by atoms with Gasteiger partial charge in [-0.25, -0.2) is 4.79 Å². The number of rotatable bonds is 14. The Morgan fingerprint density at radius 1 is 1.00 bits per heavy atom. The summed E-state index contributed by atoms with van der Waals surface area (Å²) < 4.78 is 0. The molecule has 0 aliphatic heterocycles. The van der Waals surface area contributed by atoms with Gasteiger partial charge < -0.3 is 37.6 Å². The average Bonchev–Trinajstić information content (AvgIpc) is 2.62. The molecule has 0 radical (unpaired) electrons. The quantitative estimate of drug-likeness (QED) is 0.156. The molecule has 0 saturated carbocycles. The third-order valence-corrected chi connectivity index (χ3v) is 3.88. The fraction of sp³-hybridized carbons (Fsp3) is 0.765. The number of hydrogen-bond acceptors (Lipinski definition) is 7. The van der Waals surface area contributed by atoms with E-state index in [9.17, 15) is 24.3 Å². The van der Waals surface area contributed by atoms with Crippen LogP contribution in [-0.2, 0) is 19.2 Å². The van der Waals surface area contributed by atoms with Crippen LogP contribution in [0, 0.1) is 5.92 Å². The molecule has 3 unspecified atom stereocenters. The van der Waals surface area contributed by atoms with Crippen LogP contribution in [0.3, 0.4) is 0 Å². The number of aliphatic carboxylic acids is 1. The molecule has 0 fully saturated rings. The van der Waals surface area contributed by atoms with Gasteiger partial charge in [0.25, 0.3) is 0 Å². The summed E-state index contributed by atoms with van der Waals surface area (Å²) in [4.78, 5) is 47.1. The van der Waals surface area contributed by atoms with Gasteiger partial charge in [-0.15, -0.1) is 0 Å². The van der Waals surface area contributed by atoms with Crippen LogP contribution in [0.15, 0.2) is 0 Å². The third-order valence-electron chi connectivity index (χ3n) is 3.88. The second kappa shape index (κ2) is 13.9. The fourth-order valence-electron chi connectivity index (χ4n) is 2.38. The lowest BCUT2D eigenvalue weighted by molar-refractivity contribution is -0.142. The molecular weight excluding hydrogens is 370 g/mol. The smallest absolute Gasteiger partial charge is 0.326 e. The number of aliphatic hydroxyl groups excluding tert-OH is 1. The van der Waals surface area contributed by atoms with E-state index < -0.39 is 55.0 Å². The highest BCUT2D eigenvalue weighted by atomic mass is 16.4. The molecular formula is C17H33N5O6. The Bertz CT molecular complexity index is 528. The van der Waals surface area contributed by atoms with Crippen LogP contribution in [0.2, 0.25) is 0 Å². The lowest BCUT2D eigenvalue weighted by Gasteiger charge is -2.20. The maximum absolute atomic E-state index is 12.1. The Kier molecular flexibility index (Phi) is 12.7. The standard InChI is InChI=1S/C17H33N5O6/c1-10(2)7-11(19)15(25)20-8-14(24)21-13(9-23)16(26)22-12(17(27)28)5-3-4-6-18/h10-13,23H,3-9,18-19H2,1-2H3,(H,20,25)(H,21,24)(H,22,26)(H,27,28). The van der Waals surface area contributed by atoms with Crippen molar-refractivity contribution in [2.45, 2.75) is 57.7 Å². The first-order valence-electron chi connectivity index (χ1n) is 9.29. The molecule has 0 spiro atoms. The lowest BCUT2D eigenvalue weighted by atomic mass is 10.0. The number of unbranched alkanes of at least 4 members (excludes halogenated alkanes) is 1. The predicted molar refractivity (Wildman–Crippen MR) is 102 cm³/mol. The first-order valence-corrected chi connectivity index (χ1v) is 9.29. The number of carbonyl (C=O) groups excluding carboxylic acids is 3. The van der Waals surface area contributed by atoms with E-state index in [1.807, 2.05) is 13.8 Å². The Morgan fingerprint density at radius 2 is 1.64 bits per heavy atom. The minimum atomic E-state index is -1.34. The number of carboxylic acid groups (broad SMARTS) is 1. The summed E-state index contributed by atoms with van der Waals surface area (Å²) >= 11 is 0. The van der Waals surface area contributed by atoms with Crippen molar-refractivity contribution in [3.63, 3.8) is 0 Å². The van der Waals surface area contributed by atoms with E-state index in [1.54, 1.807) is 0 Å². The van der Waals surface area contributed by atoms with Crippen LogP contribution in [0.1, 0.15) is 39.5 Å². The van der Waals surface area contributed by atoms with Gasteiger partial charge in [-0.05, 0) is 38.1 Å². The van der Waals surface area contributed by atoms with Gasteiger partial charge in [0, 0.05) is 0 Å². The highest BCUT2D eigenvalue weighted by Gasteiger charge is 2.26. The third kappa shape index (κ3) is 10.8. The van der Waals surface area contributed by atoms with E-state index in [-0.39, 0.29) is 12.3 Å². The van der Waals surface area contributed by atoms with Crippen molar-refractivity contribution in [3.05, 3.63) is 0 Å². The molecule has 0 aromatic rings. The van der Waals surface area contributed by atoms with Crippen LogP contribution >= 0.6 is 0 Å². The predicted octanol–water partition coefficient (Wildman–Crippen LogP) is -2.35. The molecule has 0 rings (SSSR count). The minimum absolute atomic E-state index is 0.175. The summed E-state index contributed by atoms with van der Waals surface area (Å²) in [5.74, 6) is -3.06. The monoisotopic (exact) mass is 403 g/mol. The maximum Gasteiger partial charge on any atom is 0.326 e. The van der Waals surface area contributed by atoms with Crippen LogP contribution in [0.25, 0.3) is 0 Å². The first kappa shape index (κ1) is 25.8. The number of hydrogen-bond donors (Lipinski definition) is 7. The SMILES string of the molecule is CC(C)CC(N)C(=O)NCC(=O)NC(CO)C(=O)NC(CCCCN)C(=O)O. The topological polar surface area (TPSA) is 197 Å². The molecule has 0 aliphatic carbocycles. The summed E-state index contributed by atoms with van der Waals surface area (Å²) in [5, 5.41) is 25.4. The van der Waals surface area contributed by atoms with Gasteiger partial charge in [0.05, 0.1) is 19.2 Å². The van der Waals surface area contributed by atoms with E-state index in [0.717, 1.165) is 0 Å². The number of nitrogens with two attached hydrogens (primary N) is 2. The average molecular weight is 403 g/mol.